The number of halogens is 2. The zero-order valence-corrected chi connectivity index (χ0v) is 64.8. The zero-order chi connectivity index (χ0) is 74.1. The first-order valence-corrected chi connectivity index (χ1v) is 41.8. The first-order chi connectivity index (χ1) is 51.4. The monoisotopic (exact) mass is 1620 g/mol. The molecule has 0 amide bonds. The molecule has 2 aromatic heterocycles. The maximum Gasteiger partial charge on any atom is 0.494 e. The minimum Gasteiger partial charge on any atom is -0.399 e. The van der Waals surface area contributed by atoms with Crippen LogP contribution in [-0.2, 0) is 38.8 Å². The Hall–Kier alpha value is -10.2. The molecule has 13 nitrogen and oxygen atoms in total. The van der Waals surface area contributed by atoms with E-state index < -0.39 is 47.8 Å². The van der Waals surface area contributed by atoms with Gasteiger partial charge in [-0.3, -0.25) is 9.59 Å². The zero-order valence-electron chi connectivity index (χ0n) is 57.5. The number of rotatable bonds is 6. The Labute approximate surface area is 643 Å². The predicted molar refractivity (Wildman–Crippen MR) is 440 cm³/mol. The number of anilines is 9. The third-order valence-electron chi connectivity index (χ3n) is 20.2. The molecule has 0 N–H and O–H groups in total. The summed E-state index contributed by atoms with van der Waals surface area (Å²) >= 11 is 10.0. The number of hydrogen-bond acceptors (Lipinski definition) is 15. The first-order valence-electron chi connectivity index (χ1n) is 34.1. The molecule has 0 spiro atoms. The highest BCUT2D eigenvalue weighted by atomic mass is 79.9. The Morgan fingerprint density at radius 3 is 0.991 bits per heavy atom. The van der Waals surface area contributed by atoms with Crippen LogP contribution in [-0.4, -0.2) is 43.6 Å². The lowest BCUT2D eigenvalue weighted by atomic mass is 9.79. The van der Waals surface area contributed by atoms with E-state index in [-0.39, 0.29) is 30.4 Å². The van der Waals surface area contributed by atoms with Gasteiger partial charge in [-0.2, -0.15) is 0 Å². The maximum atomic E-state index is 14.0. The highest BCUT2D eigenvalue weighted by Crippen LogP contribution is 2.52. The smallest absolute Gasteiger partial charge is 0.399 e. The van der Waals surface area contributed by atoms with Crippen molar-refractivity contribution in [3.8, 4) is 22.3 Å². The Morgan fingerprint density at radius 2 is 0.598 bits per heavy atom. The van der Waals surface area contributed by atoms with Crippen LogP contribution in [0, 0.1) is 0 Å². The Morgan fingerprint density at radius 1 is 0.308 bits per heavy atom. The number of nitrogens with zero attached hydrogens (tertiary/aromatic N) is 3. The Balaban J connectivity index is 0.000000144. The lowest BCUT2D eigenvalue weighted by Gasteiger charge is -2.33. The van der Waals surface area contributed by atoms with Gasteiger partial charge in [-0.25, -0.2) is 25.3 Å². The molecule has 0 bridgehead atoms. The SMILES string of the molecule is CC1(C)OB(c2ccc(N3c4ccccc4S(=O)(=O)c4ccccc43)cc2)OC1(C)C.O=c1c2ccc(-c3ccc(N4c5ccccc5S(=O)(=O)c5ccccc54)cc3)cc2sc2ccc(-c3ccc(N4c5ccccc5S(=O)(=O)c5ccccc54)cc3)cc12.O=c1c2ccc(Br)cc2sc2ccc(Br)cc12. The highest BCUT2D eigenvalue weighted by Gasteiger charge is 2.52. The average Bonchev–Trinajstić information content (AvgIpc) is 1.65. The molecule has 19 rings (SSSR count). The molecular formula is C86H60BBr2N3O10S5. The second-order valence-electron chi connectivity index (χ2n) is 27.2. The summed E-state index contributed by atoms with van der Waals surface area (Å²) in [5.74, 6) is 0. The van der Waals surface area contributed by atoms with E-state index in [1.54, 1.807) is 95.5 Å². The molecule has 0 aliphatic carbocycles. The van der Waals surface area contributed by atoms with Crippen LogP contribution in [0.15, 0.2) is 339 Å². The molecular weight excluding hydrogens is 1570 g/mol. The van der Waals surface area contributed by atoms with Crippen molar-refractivity contribution in [2.75, 3.05) is 14.7 Å². The minimum atomic E-state index is -3.66. The largest absolute Gasteiger partial charge is 0.494 e. The first kappa shape index (κ1) is 69.9. The van der Waals surface area contributed by atoms with Crippen LogP contribution in [0.5, 0.6) is 0 Å². The molecule has 13 aromatic carbocycles. The normalized spacial score (nSPS) is 15.7. The Kier molecular flexibility index (Phi) is 17.4. The summed E-state index contributed by atoms with van der Waals surface area (Å²) in [4.78, 5) is 34.0. The summed E-state index contributed by atoms with van der Waals surface area (Å²) in [7, 11) is -11.3. The quantitative estimate of drug-likeness (QED) is 0.114. The van der Waals surface area contributed by atoms with Crippen molar-refractivity contribution in [3.63, 3.8) is 0 Å². The number of sulfone groups is 3. The fourth-order valence-corrected chi connectivity index (χ4v) is 22.1. The summed E-state index contributed by atoms with van der Waals surface area (Å²) in [5.41, 5.74) is 10.2. The molecule has 0 atom stereocenters. The van der Waals surface area contributed by atoms with Gasteiger partial charge in [-0.1, -0.05) is 153 Å². The van der Waals surface area contributed by atoms with E-state index in [0.29, 0.717) is 54.7 Å². The molecule has 1 saturated heterocycles. The topological polar surface area (TPSA) is 165 Å². The van der Waals surface area contributed by atoms with Crippen LogP contribution in [0.1, 0.15) is 27.7 Å². The number of para-hydroxylation sites is 6. The van der Waals surface area contributed by atoms with Gasteiger partial charge in [0.15, 0.2) is 10.9 Å². The van der Waals surface area contributed by atoms with E-state index >= 15 is 0 Å². The van der Waals surface area contributed by atoms with E-state index in [4.69, 9.17) is 9.31 Å². The number of fused-ring (bicyclic) bond motifs is 10. The second-order valence-corrected chi connectivity index (χ2v) is 36.8. The van der Waals surface area contributed by atoms with Crippen molar-refractivity contribution in [1.29, 1.82) is 0 Å². The summed E-state index contributed by atoms with van der Waals surface area (Å²) in [6.07, 6.45) is 0. The van der Waals surface area contributed by atoms with E-state index in [1.165, 1.54) is 0 Å². The molecule has 0 saturated carbocycles. The van der Waals surface area contributed by atoms with Crippen molar-refractivity contribution in [2.24, 2.45) is 0 Å². The molecule has 4 aliphatic heterocycles. The maximum absolute atomic E-state index is 14.0. The molecule has 15 aromatic rings. The molecule has 107 heavy (non-hydrogen) atoms. The number of benzene rings is 13. The third-order valence-corrected chi connectivity index (χ3v) is 29.0. The van der Waals surface area contributed by atoms with Gasteiger partial charge in [0, 0.05) is 66.4 Å². The van der Waals surface area contributed by atoms with Crippen molar-refractivity contribution in [1.82, 2.24) is 0 Å². The summed E-state index contributed by atoms with van der Waals surface area (Å²) in [6, 6.07) is 89.9. The van der Waals surface area contributed by atoms with E-state index in [9.17, 15) is 34.8 Å². The average molecular weight is 1630 g/mol. The van der Waals surface area contributed by atoms with Crippen LogP contribution < -0.4 is 31.0 Å². The molecule has 526 valence electrons. The van der Waals surface area contributed by atoms with Gasteiger partial charge in [-0.15, -0.1) is 22.7 Å². The van der Waals surface area contributed by atoms with Crippen LogP contribution in [0.2, 0.25) is 0 Å². The van der Waals surface area contributed by atoms with Crippen LogP contribution >= 0.6 is 54.5 Å². The third kappa shape index (κ3) is 12.0. The van der Waals surface area contributed by atoms with E-state index in [1.807, 2.05) is 255 Å². The summed E-state index contributed by atoms with van der Waals surface area (Å²) < 4.78 is 98.3. The predicted octanol–water partition coefficient (Wildman–Crippen LogP) is 21.5. The highest BCUT2D eigenvalue weighted by molar-refractivity contribution is 9.10. The second kappa shape index (κ2) is 26.7. The summed E-state index contributed by atoms with van der Waals surface area (Å²) in [6.45, 7) is 8.12. The van der Waals surface area contributed by atoms with Gasteiger partial charge in [0.25, 0.3) is 0 Å². The van der Waals surface area contributed by atoms with Gasteiger partial charge in [0.2, 0.25) is 29.5 Å². The van der Waals surface area contributed by atoms with Crippen molar-refractivity contribution in [3.05, 3.63) is 321 Å². The number of hydrogen-bond donors (Lipinski definition) is 0. The van der Waals surface area contributed by atoms with Gasteiger partial charge in [0.05, 0.1) is 74.7 Å². The van der Waals surface area contributed by atoms with Crippen LogP contribution in [0.4, 0.5) is 51.2 Å². The lowest BCUT2D eigenvalue weighted by molar-refractivity contribution is 0.00578. The van der Waals surface area contributed by atoms with Gasteiger partial charge in [0.1, 0.15) is 0 Å². The van der Waals surface area contributed by atoms with E-state index in [2.05, 4.69) is 37.9 Å². The minimum absolute atomic E-state index is 0.0331. The van der Waals surface area contributed by atoms with Crippen LogP contribution in [0.25, 0.3) is 62.6 Å². The molecule has 1 fully saturated rings. The van der Waals surface area contributed by atoms with Gasteiger partial charge >= 0.3 is 7.12 Å². The fraction of sp³-hybridized carbons (Fsp3) is 0.0698. The standard InChI is InChI=1S/C49H30N2O5S3.C24H24BNO4S.C13H6Br2OS/c52-49-37-27-21-34(32-19-25-36(26-20-32)51-41-11-3-7-15-47(41)59(55,56)48-16-8-4-12-42(48)51)30-44(37)57-43-28-22-33(29-38(43)49)31-17-23-35(24-18-31)50-39-9-1-5-13-45(39)58(53,54)46-14-6-2-10-40(46)50;1-23(2)24(3,4)30-25(29-23)17-13-15-18(16-14-17)26-19-9-5-7-11-21(19)31(27,28)22-12-8-6-10-20(22)26;14-7-2-4-11-10(5-7)13(16)9-3-1-8(15)6-12(9)17-11/h1-30H;5-16H,1-4H3;1-6H. The summed E-state index contributed by atoms with van der Waals surface area (Å²) in [5, 5.41) is 2.85. The lowest BCUT2D eigenvalue weighted by Crippen LogP contribution is -2.41. The molecule has 21 heteroatoms. The molecule has 4 aliphatic rings. The van der Waals surface area contributed by atoms with Gasteiger partial charge < -0.3 is 24.0 Å². The van der Waals surface area contributed by atoms with Gasteiger partial charge in [-0.05, 0) is 225 Å². The van der Waals surface area contributed by atoms with Crippen LogP contribution in [0.3, 0.4) is 0 Å². The van der Waals surface area contributed by atoms with E-state index in [0.717, 1.165) is 83.3 Å². The molecule has 0 unspecified atom stereocenters. The van der Waals surface area contributed by atoms with Crippen molar-refractivity contribution in [2.45, 2.75) is 68.3 Å². The van der Waals surface area contributed by atoms with Crippen molar-refractivity contribution >= 4 is 188 Å². The van der Waals surface area contributed by atoms with Crippen molar-refractivity contribution < 1.29 is 34.6 Å². The molecule has 0 radical (unpaired) electrons. The fourth-order valence-electron chi connectivity index (χ4n) is 14.2. The Bertz CT molecular complexity index is 6520. The molecule has 6 heterocycles.